The van der Waals surface area contributed by atoms with Gasteiger partial charge in [-0.2, -0.15) is 0 Å². The van der Waals surface area contributed by atoms with Crippen LogP contribution in [-0.4, -0.2) is 12.5 Å². The normalized spacial score (nSPS) is 13.1. The molecule has 1 atom stereocenters. The highest BCUT2D eigenvalue weighted by molar-refractivity contribution is 5.75. The van der Waals surface area contributed by atoms with Crippen molar-refractivity contribution in [2.24, 2.45) is 11.8 Å². The molecule has 0 aliphatic rings. The molecule has 0 aromatic rings. The minimum Gasteiger partial charge on any atom is -0.356 e. The van der Waals surface area contributed by atoms with E-state index in [0.717, 1.165) is 13.0 Å². The molecule has 1 unspecified atom stereocenters. The summed E-state index contributed by atoms with van der Waals surface area (Å²) in [5.41, 5.74) is 0. The number of amides is 1. The van der Waals surface area contributed by atoms with Gasteiger partial charge < -0.3 is 5.32 Å². The molecule has 72 valence electrons. The molecule has 0 saturated carbocycles. The number of rotatable bonds is 5. The minimum atomic E-state index is 0.185. The van der Waals surface area contributed by atoms with E-state index in [1.165, 1.54) is 0 Å². The smallest absolute Gasteiger partial charge is 0.219 e. The number of carbonyl (C=O) groups excluding carboxylic acids is 1. The Kier molecular flexibility index (Phi) is 5.77. The van der Waals surface area contributed by atoms with Gasteiger partial charge in [-0.05, 0) is 25.2 Å². The van der Waals surface area contributed by atoms with Gasteiger partial charge in [-0.15, -0.1) is 0 Å². The van der Waals surface area contributed by atoms with Crippen LogP contribution in [0.15, 0.2) is 0 Å². The molecule has 2 heteroatoms. The Balaban J connectivity index is 3.47. The van der Waals surface area contributed by atoms with Gasteiger partial charge in [0.1, 0.15) is 0 Å². The highest BCUT2D eigenvalue weighted by Crippen LogP contribution is 2.15. The Morgan fingerprint density at radius 3 is 2.33 bits per heavy atom. The fourth-order valence-corrected chi connectivity index (χ4v) is 0.978. The van der Waals surface area contributed by atoms with Crippen LogP contribution in [0, 0.1) is 11.8 Å². The van der Waals surface area contributed by atoms with E-state index in [0.29, 0.717) is 18.3 Å². The van der Waals surface area contributed by atoms with Gasteiger partial charge in [0, 0.05) is 13.0 Å². The third-order valence-electron chi connectivity index (χ3n) is 2.34. The van der Waals surface area contributed by atoms with Crippen LogP contribution in [0.4, 0.5) is 0 Å². The molecule has 0 heterocycles. The van der Waals surface area contributed by atoms with Crippen LogP contribution >= 0.6 is 0 Å². The predicted molar refractivity (Wildman–Crippen MR) is 51.9 cm³/mol. The molecule has 0 aliphatic carbocycles. The average molecular weight is 171 g/mol. The van der Waals surface area contributed by atoms with Gasteiger partial charge in [-0.3, -0.25) is 4.79 Å². The topological polar surface area (TPSA) is 29.1 Å². The fraction of sp³-hybridized carbons (Fsp3) is 0.900. The second-order valence-electron chi connectivity index (χ2n) is 3.71. The fourth-order valence-electron chi connectivity index (χ4n) is 0.978. The summed E-state index contributed by atoms with van der Waals surface area (Å²) in [6, 6.07) is 0. The van der Waals surface area contributed by atoms with Gasteiger partial charge in [0.05, 0.1) is 0 Å². The molecular weight excluding hydrogens is 150 g/mol. The first-order valence-corrected chi connectivity index (χ1v) is 4.84. The monoisotopic (exact) mass is 171 g/mol. The first-order valence-electron chi connectivity index (χ1n) is 4.84. The van der Waals surface area contributed by atoms with Gasteiger partial charge in [0.25, 0.3) is 0 Å². The summed E-state index contributed by atoms with van der Waals surface area (Å²) >= 11 is 0. The van der Waals surface area contributed by atoms with Crippen LogP contribution in [0.25, 0.3) is 0 Å². The maximum absolute atomic E-state index is 11.1. The highest BCUT2D eigenvalue weighted by Gasteiger charge is 2.08. The minimum absolute atomic E-state index is 0.185. The molecule has 0 aromatic carbocycles. The van der Waals surface area contributed by atoms with Gasteiger partial charge in [0.15, 0.2) is 0 Å². The van der Waals surface area contributed by atoms with Gasteiger partial charge >= 0.3 is 0 Å². The molecule has 0 rings (SSSR count). The molecular formula is C10H21NO. The second kappa shape index (κ2) is 6.04. The molecule has 0 saturated heterocycles. The molecule has 0 spiro atoms. The third kappa shape index (κ3) is 5.16. The molecule has 2 nitrogen and oxygen atoms in total. The summed E-state index contributed by atoms with van der Waals surface area (Å²) in [6.45, 7) is 9.29. The van der Waals surface area contributed by atoms with E-state index in [9.17, 15) is 4.79 Å². The van der Waals surface area contributed by atoms with Gasteiger partial charge in [0.2, 0.25) is 5.91 Å². The van der Waals surface area contributed by atoms with E-state index in [-0.39, 0.29) is 5.91 Å². The van der Waals surface area contributed by atoms with Crippen LogP contribution in [0.1, 0.15) is 40.5 Å². The SMILES string of the molecule is CCNC(=O)CCC(C)C(C)C. The van der Waals surface area contributed by atoms with Crippen molar-refractivity contribution in [2.45, 2.75) is 40.5 Å². The Morgan fingerprint density at radius 1 is 1.33 bits per heavy atom. The van der Waals surface area contributed by atoms with Gasteiger partial charge in [-0.25, -0.2) is 0 Å². The molecule has 0 aromatic heterocycles. The average Bonchev–Trinajstić information content (AvgIpc) is 2.00. The van der Waals surface area contributed by atoms with Crippen molar-refractivity contribution in [3.05, 3.63) is 0 Å². The Hall–Kier alpha value is -0.530. The van der Waals surface area contributed by atoms with Crippen molar-refractivity contribution in [3.63, 3.8) is 0 Å². The lowest BCUT2D eigenvalue weighted by atomic mass is 9.93. The number of hydrogen-bond donors (Lipinski definition) is 1. The van der Waals surface area contributed by atoms with Gasteiger partial charge in [-0.1, -0.05) is 20.8 Å². The molecule has 0 radical (unpaired) electrons. The van der Waals surface area contributed by atoms with E-state index in [1.54, 1.807) is 0 Å². The highest BCUT2D eigenvalue weighted by atomic mass is 16.1. The third-order valence-corrected chi connectivity index (χ3v) is 2.34. The van der Waals surface area contributed by atoms with E-state index in [2.05, 4.69) is 26.1 Å². The zero-order valence-electron chi connectivity index (χ0n) is 8.68. The number of nitrogens with one attached hydrogen (secondary N) is 1. The van der Waals surface area contributed by atoms with E-state index in [4.69, 9.17) is 0 Å². The molecule has 0 fully saturated rings. The second-order valence-corrected chi connectivity index (χ2v) is 3.71. The van der Waals surface area contributed by atoms with Crippen molar-refractivity contribution in [2.75, 3.05) is 6.54 Å². The zero-order chi connectivity index (χ0) is 9.56. The summed E-state index contributed by atoms with van der Waals surface area (Å²) in [7, 11) is 0. The Labute approximate surface area is 75.7 Å². The van der Waals surface area contributed by atoms with E-state index in [1.807, 2.05) is 6.92 Å². The summed E-state index contributed by atoms with van der Waals surface area (Å²) in [5.74, 6) is 1.51. The molecule has 1 amide bonds. The maximum atomic E-state index is 11.1. The quantitative estimate of drug-likeness (QED) is 0.675. The first kappa shape index (κ1) is 11.5. The first-order chi connectivity index (χ1) is 5.57. The Morgan fingerprint density at radius 2 is 1.92 bits per heavy atom. The summed E-state index contributed by atoms with van der Waals surface area (Å²) < 4.78 is 0. The summed E-state index contributed by atoms with van der Waals surface area (Å²) in [6.07, 6.45) is 1.68. The Bertz CT molecular complexity index is 132. The molecule has 0 bridgehead atoms. The molecule has 12 heavy (non-hydrogen) atoms. The molecule has 0 aliphatic heterocycles. The van der Waals surface area contributed by atoms with Crippen molar-refractivity contribution in [1.29, 1.82) is 0 Å². The zero-order valence-corrected chi connectivity index (χ0v) is 8.68. The van der Waals surface area contributed by atoms with Crippen LogP contribution in [0.3, 0.4) is 0 Å². The van der Waals surface area contributed by atoms with E-state index < -0.39 is 0 Å². The van der Waals surface area contributed by atoms with Crippen molar-refractivity contribution in [1.82, 2.24) is 5.32 Å². The number of carbonyl (C=O) groups is 1. The van der Waals surface area contributed by atoms with Crippen molar-refractivity contribution < 1.29 is 4.79 Å². The predicted octanol–water partition coefficient (Wildman–Crippen LogP) is 2.19. The lowest BCUT2D eigenvalue weighted by molar-refractivity contribution is -0.121. The van der Waals surface area contributed by atoms with Crippen LogP contribution < -0.4 is 5.32 Å². The summed E-state index contributed by atoms with van der Waals surface area (Å²) in [5, 5.41) is 2.80. The van der Waals surface area contributed by atoms with Crippen molar-refractivity contribution in [3.8, 4) is 0 Å². The van der Waals surface area contributed by atoms with E-state index >= 15 is 0 Å². The van der Waals surface area contributed by atoms with Crippen LogP contribution in [0.5, 0.6) is 0 Å². The van der Waals surface area contributed by atoms with Crippen LogP contribution in [-0.2, 0) is 4.79 Å². The lowest BCUT2D eigenvalue weighted by Gasteiger charge is -2.14. The molecule has 1 N–H and O–H groups in total. The van der Waals surface area contributed by atoms with Crippen molar-refractivity contribution >= 4 is 5.91 Å². The maximum Gasteiger partial charge on any atom is 0.219 e. The number of hydrogen-bond acceptors (Lipinski definition) is 1. The largest absolute Gasteiger partial charge is 0.356 e. The van der Waals surface area contributed by atoms with Crippen LogP contribution in [0.2, 0.25) is 0 Å². The lowest BCUT2D eigenvalue weighted by Crippen LogP contribution is -2.23. The standard InChI is InChI=1S/C10H21NO/c1-5-11-10(12)7-6-9(4)8(2)3/h8-9H,5-7H2,1-4H3,(H,11,12). The summed E-state index contributed by atoms with van der Waals surface area (Å²) in [4.78, 5) is 11.1.